The summed E-state index contributed by atoms with van der Waals surface area (Å²) in [5.74, 6) is -0.757. The number of hydrogen-bond acceptors (Lipinski definition) is 4. The van der Waals surface area contributed by atoms with Crippen LogP contribution >= 0.6 is 15.9 Å². The quantitative estimate of drug-likeness (QED) is 0.783. The van der Waals surface area contributed by atoms with Crippen molar-refractivity contribution in [3.05, 3.63) is 70.3 Å². The van der Waals surface area contributed by atoms with Gasteiger partial charge in [0, 0.05) is 18.1 Å². The van der Waals surface area contributed by atoms with Gasteiger partial charge in [0.1, 0.15) is 5.70 Å². The molecular formula is C19H17BrN2O3. The Morgan fingerprint density at radius 2 is 1.76 bits per heavy atom. The molecule has 0 unspecified atom stereocenters. The number of benzene rings is 2. The van der Waals surface area contributed by atoms with E-state index in [-0.39, 0.29) is 19.1 Å². The van der Waals surface area contributed by atoms with Gasteiger partial charge in [-0.1, -0.05) is 52.3 Å². The van der Waals surface area contributed by atoms with E-state index in [1.54, 1.807) is 42.3 Å². The standard InChI is InChI=1S/C19H17BrN2O3/c1-21(10-11-23)17-16(13-6-3-2-4-7-13)18(24)22(19(17)25)15-9-5-8-14(20)12-15/h2-9,12,23H,10-11H2,1H3. The maximum Gasteiger partial charge on any atom is 0.282 e. The minimum Gasteiger partial charge on any atom is -0.395 e. The molecule has 0 saturated carbocycles. The molecule has 6 heteroatoms. The van der Waals surface area contributed by atoms with E-state index in [4.69, 9.17) is 0 Å². The van der Waals surface area contributed by atoms with Gasteiger partial charge in [-0.2, -0.15) is 0 Å². The molecule has 1 heterocycles. The summed E-state index contributed by atoms with van der Waals surface area (Å²) in [6.45, 7) is 0.150. The smallest absolute Gasteiger partial charge is 0.282 e. The Morgan fingerprint density at radius 1 is 1.04 bits per heavy atom. The number of carbonyl (C=O) groups is 2. The number of imide groups is 1. The zero-order valence-electron chi connectivity index (χ0n) is 13.6. The van der Waals surface area contributed by atoms with Gasteiger partial charge in [-0.05, 0) is 23.8 Å². The normalized spacial score (nSPS) is 14.4. The number of halogens is 1. The van der Waals surface area contributed by atoms with Gasteiger partial charge in [-0.3, -0.25) is 9.59 Å². The Kier molecular flexibility index (Phi) is 5.01. The van der Waals surface area contributed by atoms with Crippen molar-refractivity contribution in [3.8, 4) is 0 Å². The molecule has 0 bridgehead atoms. The van der Waals surface area contributed by atoms with Crippen molar-refractivity contribution in [3.63, 3.8) is 0 Å². The summed E-state index contributed by atoms with van der Waals surface area (Å²) in [5.41, 5.74) is 1.83. The third-order valence-corrected chi connectivity index (χ3v) is 4.50. The summed E-state index contributed by atoms with van der Waals surface area (Å²) >= 11 is 3.37. The highest BCUT2D eigenvalue weighted by Gasteiger charge is 2.41. The highest BCUT2D eigenvalue weighted by atomic mass is 79.9. The maximum absolute atomic E-state index is 13.1. The van der Waals surface area contributed by atoms with Gasteiger partial charge >= 0.3 is 0 Å². The largest absolute Gasteiger partial charge is 0.395 e. The predicted molar refractivity (Wildman–Crippen MR) is 99.7 cm³/mol. The number of carbonyl (C=O) groups excluding carboxylic acids is 2. The number of aliphatic hydroxyl groups is 1. The molecule has 1 aliphatic heterocycles. The van der Waals surface area contributed by atoms with Gasteiger partial charge in [0.05, 0.1) is 17.9 Å². The van der Waals surface area contributed by atoms with Crippen LogP contribution in [-0.4, -0.2) is 42.0 Å². The lowest BCUT2D eigenvalue weighted by atomic mass is 10.0. The minimum atomic E-state index is -0.391. The summed E-state index contributed by atoms with van der Waals surface area (Å²) in [7, 11) is 1.70. The van der Waals surface area contributed by atoms with Crippen LogP contribution in [0.5, 0.6) is 0 Å². The minimum absolute atomic E-state index is 0.111. The Morgan fingerprint density at radius 3 is 2.40 bits per heavy atom. The molecule has 0 saturated heterocycles. The first kappa shape index (κ1) is 17.4. The fraction of sp³-hybridized carbons (Fsp3) is 0.158. The topological polar surface area (TPSA) is 60.9 Å². The number of nitrogens with zero attached hydrogens (tertiary/aromatic N) is 2. The number of likely N-dealkylation sites (N-methyl/N-ethyl adjacent to an activating group) is 1. The van der Waals surface area contributed by atoms with Crippen molar-refractivity contribution in [2.75, 3.05) is 25.1 Å². The number of aliphatic hydroxyl groups excluding tert-OH is 1. The molecule has 2 aromatic carbocycles. The number of anilines is 1. The monoisotopic (exact) mass is 400 g/mol. The predicted octanol–water partition coefficient (Wildman–Crippen LogP) is 2.66. The first-order valence-corrected chi connectivity index (χ1v) is 8.60. The molecule has 1 N–H and O–H groups in total. The number of hydrogen-bond donors (Lipinski definition) is 1. The molecule has 25 heavy (non-hydrogen) atoms. The van der Waals surface area contributed by atoms with Crippen LogP contribution in [0.1, 0.15) is 5.56 Å². The Labute approximate surface area is 154 Å². The highest BCUT2D eigenvalue weighted by molar-refractivity contribution is 9.10. The van der Waals surface area contributed by atoms with Crippen molar-refractivity contribution in [2.24, 2.45) is 0 Å². The van der Waals surface area contributed by atoms with Crippen molar-refractivity contribution < 1.29 is 14.7 Å². The first-order valence-electron chi connectivity index (χ1n) is 7.80. The lowest BCUT2D eigenvalue weighted by Crippen LogP contribution is -2.34. The number of amides is 2. The lowest BCUT2D eigenvalue weighted by molar-refractivity contribution is -0.120. The molecule has 2 aromatic rings. The van der Waals surface area contributed by atoms with Crippen LogP contribution in [0.4, 0.5) is 5.69 Å². The highest BCUT2D eigenvalue weighted by Crippen LogP contribution is 2.34. The van der Waals surface area contributed by atoms with Gasteiger partial charge in [0.15, 0.2) is 0 Å². The fourth-order valence-electron chi connectivity index (χ4n) is 2.85. The zero-order chi connectivity index (χ0) is 18.0. The van der Waals surface area contributed by atoms with Crippen LogP contribution in [0, 0.1) is 0 Å². The van der Waals surface area contributed by atoms with E-state index >= 15 is 0 Å². The summed E-state index contributed by atoms with van der Waals surface area (Å²) < 4.78 is 0.782. The van der Waals surface area contributed by atoms with Gasteiger partial charge in [0.2, 0.25) is 0 Å². The van der Waals surface area contributed by atoms with Crippen molar-refractivity contribution in [1.82, 2.24) is 4.90 Å². The van der Waals surface area contributed by atoms with E-state index in [2.05, 4.69) is 15.9 Å². The van der Waals surface area contributed by atoms with E-state index in [9.17, 15) is 14.7 Å². The van der Waals surface area contributed by atoms with E-state index in [0.29, 0.717) is 22.5 Å². The van der Waals surface area contributed by atoms with Crippen molar-refractivity contribution >= 4 is 39.0 Å². The van der Waals surface area contributed by atoms with Crippen LogP contribution in [0.15, 0.2) is 64.8 Å². The lowest BCUT2D eigenvalue weighted by Gasteiger charge is -2.20. The van der Waals surface area contributed by atoms with Crippen LogP contribution in [0.3, 0.4) is 0 Å². The summed E-state index contributed by atoms with van der Waals surface area (Å²) in [5, 5.41) is 9.25. The van der Waals surface area contributed by atoms with Gasteiger partial charge in [0.25, 0.3) is 11.8 Å². The fourth-order valence-corrected chi connectivity index (χ4v) is 3.24. The molecule has 0 aliphatic carbocycles. The van der Waals surface area contributed by atoms with Crippen LogP contribution < -0.4 is 4.90 Å². The molecule has 0 aromatic heterocycles. The van der Waals surface area contributed by atoms with E-state index in [0.717, 1.165) is 4.47 Å². The SMILES string of the molecule is CN(CCO)C1=C(c2ccccc2)C(=O)N(c2cccc(Br)c2)C1=O. The van der Waals surface area contributed by atoms with E-state index < -0.39 is 5.91 Å². The van der Waals surface area contributed by atoms with Gasteiger partial charge in [-0.25, -0.2) is 4.90 Å². The summed E-state index contributed by atoms with van der Waals surface area (Å²) in [6.07, 6.45) is 0. The molecular weight excluding hydrogens is 384 g/mol. The average molecular weight is 401 g/mol. The second kappa shape index (κ2) is 7.21. The molecule has 0 radical (unpaired) electrons. The van der Waals surface area contributed by atoms with Crippen molar-refractivity contribution in [1.29, 1.82) is 0 Å². The van der Waals surface area contributed by atoms with Crippen LogP contribution in [0.25, 0.3) is 5.57 Å². The Balaban J connectivity index is 2.13. The molecule has 0 fully saturated rings. The second-order valence-electron chi connectivity index (χ2n) is 5.66. The van der Waals surface area contributed by atoms with Crippen molar-refractivity contribution in [2.45, 2.75) is 0 Å². The third kappa shape index (κ3) is 3.23. The zero-order valence-corrected chi connectivity index (χ0v) is 15.2. The Bertz CT molecular complexity index is 849. The van der Waals surface area contributed by atoms with E-state index in [1.165, 1.54) is 4.90 Å². The molecule has 128 valence electrons. The Hall–Kier alpha value is -2.44. The molecule has 1 aliphatic rings. The third-order valence-electron chi connectivity index (χ3n) is 4.01. The van der Waals surface area contributed by atoms with Crippen LogP contribution in [0.2, 0.25) is 0 Å². The molecule has 5 nitrogen and oxygen atoms in total. The number of rotatable bonds is 5. The molecule has 0 atom stereocenters. The van der Waals surface area contributed by atoms with E-state index in [1.807, 2.05) is 24.3 Å². The maximum atomic E-state index is 13.1. The average Bonchev–Trinajstić information content (AvgIpc) is 2.86. The summed E-state index contributed by atoms with van der Waals surface area (Å²) in [4.78, 5) is 28.9. The molecule has 0 spiro atoms. The van der Waals surface area contributed by atoms with Gasteiger partial charge in [-0.15, -0.1) is 0 Å². The molecule has 3 rings (SSSR count). The first-order chi connectivity index (χ1) is 12.0. The van der Waals surface area contributed by atoms with Crippen LogP contribution in [-0.2, 0) is 9.59 Å². The summed E-state index contributed by atoms with van der Waals surface area (Å²) in [6, 6.07) is 16.2. The second-order valence-corrected chi connectivity index (χ2v) is 6.58. The van der Waals surface area contributed by atoms with Gasteiger partial charge < -0.3 is 10.0 Å². The molecule has 2 amide bonds.